The van der Waals surface area contributed by atoms with E-state index in [9.17, 15) is 4.79 Å². The molecule has 1 N–H and O–H groups in total. The lowest BCUT2D eigenvalue weighted by molar-refractivity contribution is 0.0938. The third-order valence-corrected chi connectivity index (χ3v) is 6.59. The van der Waals surface area contributed by atoms with Crippen molar-refractivity contribution in [3.63, 3.8) is 0 Å². The van der Waals surface area contributed by atoms with Gasteiger partial charge in [0, 0.05) is 22.5 Å². The summed E-state index contributed by atoms with van der Waals surface area (Å²) in [7, 11) is 4.01. The van der Waals surface area contributed by atoms with E-state index >= 15 is 0 Å². The second kappa shape index (κ2) is 10.7. The number of aryl methyl sites for hydroxylation is 1. The number of thiophene rings is 1. The maximum absolute atomic E-state index is 13.2. The Morgan fingerprint density at radius 2 is 1.91 bits per heavy atom. The van der Waals surface area contributed by atoms with Crippen molar-refractivity contribution in [3.8, 4) is 27.5 Å². The first kappa shape index (κ1) is 23.8. The molecule has 0 aliphatic rings. The van der Waals surface area contributed by atoms with Crippen LogP contribution in [0.15, 0.2) is 76.7 Å². The summed E-state index contributed by atoms with van der Waals surface area (Å²) in [6, 6.07) is 19.8. The number of carbonyl (C=O) groups is 1. The Hall–Kier alpha value is -3.35. The molecule has 2 aromatic heterocycles. The van der Waals surface area contributed by atoms with Gasteiger partial charge < -0.3 is 19.4 Å². The Balaban J connectivity index is 1.56. The molecule has 4 aromatic rings. The molecule has 0 aliphatic heterocycles. The van der Waals surface area contributed by atoms with Crippen molar-refractivity contribution in [3.05, 3.63) is 89.0 Å². The molecule has 0 bridgehead atoms. The summed E-state index contributed by atoms with van der Waals surface area (Å²) >= 11 is 1.69. The zero-order valence-electron chi connectivity index (χ0n) is 20.0. The van der Waals surface area contributed by atoms with Crippen LogP contribution in [0.25, 0.3) is 21.8 Å². The number of likely N-dealkylation sites (N-methyl/N-ethyl adjacent to an activating group) is 1. The molecule has 0 spiro atoms. The second-order valence-electron chi connectivity index (χ2n) is 8.62. The lowest BCUT2D eigenvalue weighted by Crippen LogP contribution is -2.27. The normalized spacial score (nSPS) is 12.0. The predicted octanol–water partition coefficient (Wildman–Crippen LogP) is 6.41. The van der Waals surface area contributed by atoms with Crippen molar-refractivity contribution >= 4 is 17.2 Å². The van der Waals surface area contributed by atoms with E-state index in [-0.39, 0.29) is 11.9 Å². The first-order valence-corrected chi connectivity index (χ1v) is 12.2. The van der Waals surface area contributed by atoms with Gasteiger partial charge >= 0.3 is 0 Å². The molecule has 0 fully saturated rings. The quantitative estimate of drug-likeness (QED) is 0.304. The van der Waals surface area contributed by atoms with Crippen LogP contribution in [0.1, 0.15) is 34.5 Å². The van der Waals surface area contributed by atoms with Crippen LogP contribution in [0.5, 0.6) is 5.75 Å². The standard InChI is InChI=1S/C28H30N2O3S/c1-19-9-10-24(32-13-11-30(3)4)18-25(19)28(31)29-20(2)21-15-22(26-7-5-12-33-26)17-23(16-21)27-8-6-14-34-27/h5-10,12,14-18,20H,11,13H2,1-4H3,(H,29,31)/t20-/m1/s1. The van der Waals surface area contributed by atoms with Crippen molar-refractivity contribution in [2.75, 3.05) is 27.2 Å². The highest BCUT2D eigenvalue weighted by Gasteiger charge is 2.17. The van der Waals surface area contributed by atoms with Gasteiger partial charge in [-0.05, 0) is 98.5 Å². The number of furan rings is 1. The average Bonchev–Trinajstić information content (AvgIpc) is 3.54. The fourth-order valence-electron chi connectivity index (χ4n) is 3.71. The summed E-state index contributed by atoms with van der Waals surface area (Å²) in [5.41, 5.74) is 4.64. The number of rotatable bonds is 9. The topological polar surface area (TPSA) is 54.7 Å². The Morgan fingerprint density at radius 3 is 2.62 bits per heavy atom. The van der Waals surface area contributed by atoms with Gasteiger partial charge in [-0.15, -0.1) is 11.3 Å². The molecule has 2 aromatic carbocycles. The van der Waals surface area contributed by atoms with Gasteiger partial charge in [0.2, 0.25) is 0 Å². The molecular weight excluding hydrogens is 444 g/mol. The fourth-order valence-corrected chi connectivity index (χ4v) is 4.43. The Morgan fingerprint density at radius 1 is 1.09 bits per heavy atom. The van der Waals surface area contributed by atoms with E-state index < -0.39 is 0 Å². The third-order valence-electron chi connectivity index (χ3n) is 5.68. The number of amides is 1. The van der Waals surface area contributed by atoms with E-state index in [1.165, 1.54) is 4.88 Å². The number of nitrogens with zero attached hydrogens (tertiary/aromatic N) is 1. The van der Waals surface area contributed by atoms with Crippen molar-refractivity contribution in [2.24, 2.45) is 0 Å². The summed E-state index contributed by atoms with van der Waals surface area (Å²) in [5, 5.41) is 5.24. The van der Waals surface area contributed by atoms with Gasteiger partial charge in [0.1, 0.15) is 18.1 Å². The zero-order valence-corrected chi connectivity index (χ0v) is 20.8. The summed E-state index contributed by atoms with van der Waals surface area (Å²) < 4.78 is 11.5. The van der Waals surface area contributed by atoms with Crippen LogP contribution in [0.2, 0.25) is 0 Å². The number of benzene rings is 2. The number of nitrogens with one attached hydrogen (secondary N) is 1. The molecule has 0 saturated heterocycles. The molecule has 1 amide bonds. The molecule has 2 heterocycles. The van der Waals surface area contributed by atoms with Crippen LogP contribution < -0.4 is 10.1 Å². The monoisotopic (exact) mass is 474 g/mol. The summed E-state index contributed by atoms with van der Waals surface area (Å²) in [6.07, 6.45) is 1.68. The van der Waals surface area contributed by atoms with E-state index in [1.807, 2.05) is 64.3 Å². The second-order valence-corrected chi connectivity index (χ2v) is 9.57. The van der Waals surface area contributed by atoms with Crippen LogP contribution in [0, 0.1) is 6.92 Å². The van der Waals surface area contributed by atoms with Gasteiger partial charge in [-0.25, -0.2) is 0 Å². The lowest BCUT2D eigenvalue weighted by atomic mass is 9.98. The van der Waals surface area contributed by atoms with Crippen molar-refractivity contribution < 1.29 is 13.9 Å². The molecule has 34 heavy (non-hydrogen) atoms. The first-order chi connectivity index (χ1) is 16.4. The third kappa shape index (κ3) is 5.76. The molecule has 5 nitrogen and oxygen atoms in total. The molecule has 0 unspecified atom stereocenters. The van der Waals surface area contributed by atoms with Gasteiger partial charge in [-0.3, -0.25) is 4.79 Å². The highest BCUT2D eigenvalue weighted by atomic mass is 32.1. The number of carbonyl (C=O) groups excluding carboxylic acids is 1. The van der Waals surface area contributed by atoms with E-state index in [0.29, 0.717) is 17.9 Å². The highest BCUT2D eigenvalue weighted by Crippen LogP contribution is 2.33. The summed E-state index contributed by atoms with van der Waals surface area (Å²) in [4.78, 5) is 16.5. The number of ether oxygens (including phenoxy) is 1. The zero-order chi connectivity index (χ0) is 24.1. The first-order valence-electron chi connectivity index (χ1n) is 11.3. The fraction of sp³-hybridized carbons (Fsp3) is 0.250. The molecule has 0 saturated carbocycles. The van der Waals surface area contributed by atoms with Gasteiger partial charge in [-0.1, -0.05) is 12.1 Å². The van der Waals surface area contributed by atoms with Crippen molar-refractivity contribution in [1.82, 2.24) is 10.2 Å². The van der Waals surface area contributed by atoms with Crippen molar-refractivity contribution in [1.29, 1.82) is 0 Å². The number of hydrogen-bond donors (Lipinski definition) is 1. The van der Waals surface area contributed by atoms with Crippen LogP contribution in [0.3, 0.4) is 0 Å². The molecular formula is C28H30N2O3S. The van der Waals surface area contributed by atoms with Crippen LogP contribution in [-0.4, -0.2) is 38.1 Å². The van der Waals surface area contributed by atoms with E-state index in [0.717, 1.165) is 34.6 Å². The minimum atomic E-state index is -0.196. The summed E-state index contributed by atoms with van der Waals surface area (Å²) in [5.74, 6) is 1.38. The van der Waals surface area contributed by atoms with Gasteiger partial charge in [0.25, 0.3) is 5.91 Å². The predicted molar refractivity (Wildman–Crippen MR) is 139 cm³/mol. The smallest absolute Gasteiger partial charge is 0.252 e. The lowest BCUT2D eigenvalue weighted by Gasteiger charge is -2.18. The van der Waals surface area contributed by atoms with Gasteiger partial charge in [0.05, 0.1) is 12.3 Å². The highest BCUT2D eigenvalue weighted by molar-refractivity contribution is 7.13. The maximum Gasteiger partial charge on any atom is 0.252 e. The largest absolute Gasteiger partial charge is 0.492 e. The molecule has 0 aliphatic carbocycles. The van der Waals surface area contributed by atoms with E-state index in [2.05, 4.69) is 39.9 Å². The minimum Gasteiger partial charge on any atom is -0.492 e. The Kier molecular flexibility index (Phi) is 7.50. The number of hydrogen-bond acceptors (Lipinski definition) is 5. The van der Waals surface area contributed by atoms with Crippen LogP contribution in [0.4, 0.5) is 0 Å². The molecule has 4 rings (SSSR count). The Labute approximate surface area is 205 Å². The average molecular weight is 475 g/mol. The molecule has 176 valence electrons. The van der Waals surface area contributed by atoms with Gasteiger partial charge in [0.15, 0.2) is 0 Å². The molecule has 1 atom stereocenters. The molecule has 0 radical (unpaired) electrons. The SMILES string of the molecule is Cc1ccc(OCCN(C)C)cc1C(=O)N[C@H](C)c1cc(-c2ccco2)cc(-c2cccs2)c1. The van der Waals surface area contributed by atoms with Gasteiger partial charge in [-0.2, -0.15) is 0 Å². The van der Waals surface area contributed by atoms with Crippen LogP contribution in [-0.2, 0) is 0 Å². The van der Waals surface area contributed by atoms with E-state index in [4.69, 9.17) is 9.15 Å². The van der Waals surface area contributed by atoms with E-state index in [1.54, 1.807) is 17.6 Å². The Bertz CT molecular complexity index is 1180. The minimum absolute atomic E-state index is 0.121. The van der Waals surface area contributed by atoms with Crippen molar-refractivity contribution in [2.45, 2.75) is 19.9 Å². The maximum atomic E-state index is 13.2. The summed E-state index contributed by atoms with van der Waals surface area (Å²) in [6.45, 7) is 5.32. The van der Waals surface area contributed by atoms with Crippen LogP contribution >= 0.6 is 11.3 Å². The molecule has 6 heteroatoms.